The van der Waals surface area contributed by atoms with E-state index < -0.39 is 0 Å². The van der Waals surface area contributed by atoms with Crippen LogP contribution in [0.5, 0.6) is 0 Å². The van der Waals surface area contributed by atoms with Gasteiger partial charge in [0.25, 0.3) is 0 Å². The highest BCUT2D eigenvalue weighted by Crippen LogP contribution is 2.23. The van der Waals surface area contributed by atoms with Gasteiger partial charge in [-0.25, -0.2) is 4.98 Å². The molecular weight excluding hydrogens is 258 g/mol. The van der Waals surface area contributed by atoms with Crippen LogP contribution in [0, 0.1) is 0 Å². The molecule has 0 aliphatic carbocycles. The summed E-state index contributed by atoms with van der Waals surface area (Å²) in [7, 11) is 0. The van der Waals surface area contributed by atoms with Crippen molar-refractivity contribution >= 4 is 11.0 Å². The molecule has 1 unspecified atom stereocenters. The van der Waals surface area contributed by atoms with Crippen LogP contribution in [0.25, 0.3) is 11.0 Å². The minimum Gasteiger partial charge on any atom is -0.322 e. The Kier molecular flexibility index (Phi) is 4.02. The molecule has 1 atom stereocenters. The van der Waals surface area contributed by atoms with E-state index in [1.54, 1.807) is 0 Å². The molecule has 3 aromatic rings. The summed E-state index contributed by atoms with van der Waals surface area (Å²) in [6.07, 6.45) is 2.02. The zero-order chi connectivity index (χ0) is 14.7. The molecule has 2 N–H and O–H groups in total. The van der Waals surface area contributed by atoms with Gasteiger partial charge in [0.15, 0.2) is 0 Å². The van der Waals surface area contributed by atoms with Crippen LogP contribution in [0.3, 0.4) is 0 Å². The van der Waals surface area contributed by atoms with E-state index in [4.69, 9.17) is 10.7 Å². The number of nitrogens with zero attached hydrogens (tertiary/aromatic N) is 2. The monoisotopic (exact) mass is 279 g/mol. The maximum atomic E-state index is 6.34. The lowest BCUT2D eigenvalue weighted by Gasteiger charge is -2.14. The van der Waals surface area contributed by atoms with Crippen LogP contribution in [0.2, 0.25) is 0 Å². The fourth-order valence-corrected chi connectivity index (χ4v) is 2.75. The minimum atomic E-state index is -0.00823. The first kappa shape index (κ1) is 13.8. The van der Waals surface area contributed by atoms with Crippen LogP contribution >= 0.6 is 0 Å². The Morgan fingerprint density at radius 1 is 1.05 bits per heavy atom. The Morgan fingerprint density at radius 3 is 2.52 bits per heavy atom. The van der Waals surface area contributed by atoms with Crippen LogP contribution in [-0.4, -0.2) is 9.55 Å². The van der Waals surface area contributed by atoms with Crippen LogP contribution in [0.15, 0.2) is 54.6 Å². The summed E-state index contributed by atoms with van der Waals surface area (Å²) in [4.78, 5) is 4.77. The molecule has 2 aromatic carbocycles. The van der Waals surface area contributed by atoms with Crippen LogP contribution < -0.4 is 5.73 Å². The van der Waals surface area contributed by atoms with Crippen molar-refractivity contribution in [3.8, 4) is 0 Å². The van der Waals surface area contributed by atoms with Gasteiger partial charge in [-0.05, 0) is 24.1 Å². The number of rotatable bonds is 5. The summed E-state index contributed by atoms with van der Waals surface area (Å²) in [5, 5.41) is 0. The van der Waals surface area contributed by atoms with E-state index in [0.717, 1.165) is 36.2 Å². The van der Waals surface area contributed by atoms with Crippen molar-refractivity contribution in [2.24, 2.45) is 5.73 Å². The van der Waals surface area contributed by atoms with Gasteiger partial charge in [-0.2, -0.15) is 0 Å². The highest BCUT2D eigenvalue weighted by molar-refractivity contribution is 5.76. The van der Waals surface area contributed by atoms with Gasteiger partial charge in [-0.3, -0.25) is 0 Å². The Balaban J connectivity index is 2.07. The predicted octanol–water partition coefficient (Wildman–Crippen LogP) is 3.88. The molecule has 1 aromatic heterocycles. The molecule has 3 rings (SSSR count). The summed E-state index contributed by atoms with van der Waals surface area (Å²) in [5.74, 6) is 0.988. The Morgan fingerprint density at radius 2 is 1.76 bits per heavy atom. The van der Waals surface area contributed by atoms with Gasteiger partial charge in [-0.1, -0.05) is 55.8 Å². The van der Waals surface area contributed by atoms with Crippen LogP contribution in [0.1, 0.15) is 37.2 Å². The highest BCUT2D eigenvalue weighted by Gasteiger charge is 2.16. The second-order valence-corrected chi connectivity index (χ2v) is 5.43. The predicted molar refractivity (Wildman–Crippen MR) is 87.1 cm³/mol. The van der Waals surface area contributed by atoms with E-state index in [1.807, 2.05) is 12.1 Å². The summed E-state index contributed by atoms with van der Waals surface area (Å²) >= 11 is 0. The molecule has 0 bridgehead atoms. The molecule has 108 valence electrons. The first-order valence-electron chi connectivity index (χ1n) is 7.54. The van der Waals surface area contributed by atoms with Gasteiger partial charge in [0.2, 0.25) is 0 Å². The first-order chi connectivity index (χ1) is 10.3. The number of hydrogen-bond acceptors (Lipinski definition) is 2. The minimum absolute atomic E-state index is 0.00823. The summed E-state index contributed by atoms with van der Waals surface area (Å²) in [6.45, 7) is 2.97. The van der Waals surface area contributed by atoms with Crippen molar-refractivity contribution in [1.82, 2.24) is 9.55 Å². The van der Waals surface area contributed by atoms with Crippen molar-refractivity contribution in [2.45, 2.75) is 32.4 Å². The number of imidazole rings is 1. The number of hydrogen-bond donors (Lipinski definition) is 1. The van der Waals surface area contributed by atoms with Gasteiger partial charge < -0.3 is 10.3 Å². The molecule has 0 radical (unpaired) electrons. The quantitative estimate of drug-likeness (QED) is 0.770. The Hall–Kier alpha value is -2.13. The average molecular weight is 279 g/mol. The van der Waals surface area contributed by atoms with Gasteiger partial charge >= 0.3 is 0 Å². The van der Waals surface area contributed by atoms with Crippen molar-refractivity contribution < 1.29 is 0 Å². The lowest BCUT2D eigenvalue weighted by Crippen LogP contribution is -2.17. The van der Waals surface area contributed by atoms with Gasteiger partial charge in [0.1, 0.15) is 5.82 Å². The summed E-state index contributed by atoms with van der Waals surface area (Å²) < 4.78 is 2.25. The molecule has 0 fully saturated rings. The molecule has 3 nitrogen and oxygen atoms in total. The maximum Gasteiger partial charge on any atom is 0.127 e. The van der Waals surface area contributed by atoms with Crippen molar-refractivity contribution in [3.63, 3.8) is 0 Å². The summed E-state index contributed by atoms with van der Waals surface area (Å²) in [6, 6.07) is 18.7. The lowest BCUT2D eigenvalue weighted by atomic mass is 10.1. The molecule has 0 aliphatic heterocycles. The molecule has 0 spiro atoms. The Labute approximate surface area is 125 Å². The van der Waals surface area contributed by atoms with E-state index in [1.165, 1.54) is 5.56 Å². The van der Waals surface area contributed by atoms with Crippen LogP contribution in [0.4, 0.5) is 0 Å². The molecule has 0 aliphatic rings. The summed E-state index contributed by atoms with van der Waals surface area (Å²) in [5.41, 5.74) is 9.79. The van der Waals surface area contributed by atoms with E-state index in [0.29, 0.717) is 0 Å². The molecule has 3 heteroatoms. The van der Waals surface area contributed by atoms with Gasteiger partial charge in [0, 0.05) is 6.54 Å². The van der Waals surface area contributed by atoms with Crippen LogP contribution in [-0.2, 0) is 6.54 Å². The fourth-order valence-electron chi connectivity index (χ4n) is 2.75. The van der Waals surface area contributed by atoms with Crippen molar-refractivity contribution in [2.75, 3.05) is 0 Å². The number of para-hydroxylation sites is 2. The van der Waals surface area contributed by atoms with E-state index in [2.05, 4.69) is 54.0 Å². The number of nitrogens with two attached hydrogens (primary N) is 1. The number of aromatic nitrogens is 2. The topological polar surface area (TPSA) is 43.8 Å². The van der Waals surface area contributed by atoms with E-state index in [-0.39, 0.29) is 6.04 Å². The SMILES string of the molecule is CCCC(N)c1nc2ccccc2n1Cc1ccccc1. The lowest BCUT2D eigenvalue weighted by molar-refractivity contribution is 0.572. The smallest absolute Gasteiger partial charge is 0.127 e. The standard InChI is InChI=1S/C18H21N3/c1-2-8-15(19)18-20-16-11-6-7-12-17(16)21(18)13-14-9-4-3-5-10-14/h3-7,9-12,15H,2,8,13,19H2,1H3. The van der Waals surface area contributed by atoms with E-state index in [9.17, 15) is 0 Å². The van der Waals surface area contributed by atoms with Crippen molar-refractivity contribution in [3.05, 3.63) is 66.0 Å². The third-order valence-electron chi connectivity index (χ3n) is 3.80. The molecule has 21 heavy (non-hydrogen) atoms. The zero-order valence-corrected chi connectivity index (χ0v) is 12.4. The normalized spacial score (nSPS) is 12.7. The average Bonchev–Trinajstić information content (AvgIpc) is 2.88. The van der Waals surface area contributed by atoms with Gasteiger partial charge in [0.05, 0.1) is 17.1 Å². The number of fused-ring (bicyclic) bond motifs is 1. The third kappa shape index (κ3) is 2.83. The first-order valence-corrected chi connectivity index (χ1v) is 7.54. The van der Waals surface area contributed by atoms with E-state index >= 15 is 0 Å². The molecule has 0 saturated carbocycles. The van der Waals surface area contributed by atoms with Gasteiger partial charge in [-0.15, -0.1) is 0 Å². The highest BCUT2D eigenvalue weighted by atomic mass is 15.1. The number of benzene rings is 2. The third-order valence-corrected chi connectivity index (χ3v) is 3.80. The largest absolute Gasteiger partial charge is 0.322 e. The molecule has 1 heterocycles. The zero-order valence-electron chi connectivity index (χ0n) is 12.4. The van der Waals surface area contributed by atoms with Crippen molar-refractivity contribution in [1.29, 1.82) is 0 Å². The maximum absolute atomic E-state index is 6.34. The molecular formula is C18H21N3. The Bertz CT molecular complexity index is 716. The second kappa shape index (κ2) is 6.10. The second-order valence-electron chi connectivity index (χ2n) is 5.43. The molecule has 0 saturated heterocycles. The molecule has 0 amide bonds. The fraction of sp³-hybridized carbons (Fsp3) is 0.278.